The van der Waals surface area contributed by atoms with E-state index in [1.54, 1.807) is 0 Å². The van der Waals surface area contributed by atoms with E-state index in [0.717, 1.165) is 11.6 Å². The molecule has 0 aliphatic carbocycles. The lowest BCUT2D eigenvalue weighted by Gasteiger charge is -2.19. The van der Waals surface area contributed by atoms with Crippen LogP contribution in [0.5, 0.6) is 0 Å². The molecular formula is C18H22N2O5S. The molecule has 0 saturated carbocycles. The number of benzene rings is 2. The number of aromatic carboxylic acids is 1. The predicted molar refractivity (Wildman–Crippen MR) is 98.9 cm³/mol. The predicted octanol–water partition coefficient (Wildman–Crippen LogP) is 2.48. The van der Waals surface area contributed by atoms with Crippen LogP contribution in [0.4, 0.5) is 5.69 Å². The van der Waals surface area contributed by atoms with Crippen molar-refractivity contribution >= 4 is 21.7 Å². The molecule has 0 saturated heterocycles. The van der Waals surface area contributed by atoms with Gasteiger partial charge in [0.2, 0.25) is 10.0 Å². The minimum absolute atomic E-state index is 0.0871. The van der Waals surface area contributed by atoms with Gasteiger partial charge in [0.25, 0.3) is 0 Å². The summed E-state index contributed by atoms with van der Waals surface area (Å²) in [6.45, 7) is 2.19. The van der Waals surface area contributed by atoms with Gasteiger partial charge in [-0.2, -0.15) is 0 Å². The van der Waals surface area contributed by atoms with Gasteiger partial charge < -0.3 is 15.2 Å². The van der Waals surface area contributed by atoms with Crippen molar-refractivity contribution in [2.45, 2.75) is 17.9 Å². The molecule has 0 spiro atoms. The van der Waals surface area contributed by atoms with Crippen molar-refractivity contribution in [2.24, 2.45) is 0 Å². The van der Waals surface area contributed by atoms with Crippen molar-refractivity contribution < 1.29 is 23.1 Å². The Morgan fingerprint density at radius 2 is 1.88 bits per heavy atom. The van der Waals surface area contributed by atoms with E-state index in [9.17, 15) is 18.3 Å². The van der Waals surface area contributed by atoms with Gasteiger partial charge in [0.05, 0.1) is 17.9 Å². The van der Waals surface area contributed by atoms with E-state index in [4.69, 9.17) is 4.74 Å². The third-order valence-electron chi connectivity index (χ3n) is 3.79. The number of sulfonamides is 1. The standard InChI is InChI=1S/C18H22N2O5S/c1-13(14-6-4-3-5-7-14)20-16-9-8-15(18(21)22)12-17(16)26(23,24)19-10-11-25-2/h3-9,12-13,19-20H,10-11H2,1-2H3,(H,21,22). The maximum absolute atomic E-state index is 12.6. The normalized spacial score (nSPS) is 12.5. The summed E-state index contributed by atoms with van der Waals surface area (Å²) < 4.78 is 32.5. The number of nitrogens with one attached hydrogen (secondary N) is 2. The van der Waals surface area contributed by atoms with Crippen molar-refractivity contribution in [3.63, 3.8) is 0 Å². The molecule has 26 heavy (non-hydrogen) atoms. The third kappa shape index (κ3) is 5.04. The molecule has 0 heterocycles. The topological polar surface area (TPSA) is 105 Å². The molecule has 2 rings (SSSR count). The Balaban J connectivity index is 2.37. The third-order valence-corrected chi connectivity index (χ3v) is 5.29. The number of hydrogen-bond acceptors (Lipinski definition) is 5. The number of anilines is 1. The summed E-state index contributed by atoms with van der Waals surface area (Å²) in [4.78, 5) is 11.1. The molecule has 0 aliphatic heterocycles. The average molecular weight is 378 g/mol. The van der Waals surface area contributed by atoms with Crippen LogP contribution in [0.25, 0.3) is 0 Å². The van der Waals surface area contributed by atoms with Gasteiger partial charge in [-0.05, 0) is 30.7 Å². The van der Waals surface area contributed by atoms with Gasteiger partial charge in [-0.3, -0.25) is 0 Å². The Morgan fingerprint density at radius 3 is 2.50 bits per heavy atom. The first-order chi connectivity index (χ1) is 12.3. The smallest absolute Gasteiger partial charge is 0.335 e. The summed E-state index contributed by atoms with van der Waals surface area (Å²) in [5.74, 6) is -1.19. The van der Waals surface area contributed by atoms with Gasteiger partial charge in [0.1, 0.15) is 4.90 Å². The number of carbonyl (C=O) groups is 1. The lowest BCUT2D eigenvalue weighted by Crippen LogP contribution is -2.28. The number of methoxy groups -OCH3 is 1. The second kappa shape index (κ2) is 8.79. The largest absolute Gasteiger partial charge is 0.478 e. The number of rotatable bonds is 9. The summed E-state index contributed by atoms with van der Waals surface area (Å²) in [5, 5.41) is 12.3. The lowest BCUT2D eigenvalue weighted by atomic mass is 10.1. The highest BCUT2D eigenvalue weighted by Gasteiger charge is 2.21. The summed E-state index contributed by atoms with van der Waals surface area (Å²) >= 11 is 0. The molecule has 3 N–H and O–H groups in total. The molecule has 0 aliphatic rings. The van der Waals surface area contributed by atoms with Crippen molar-refractivity contribution in [1.29, 1.82) is 0 Å². The molecule has 2 aromatic carbocycles. The van der Waals surface area contributed by atoms with E-state index in [-0.39, 0.29) is 29.7 Å². The van der Waals surface area contributed by atoms with Crippen LogP contribution in [0.2, 0.25) is 0 Å². The first kappa shape index (κ1) is 19.9. The van der Waals surface area contributed by atoms with Crippen molar-refractivity contribution in [3.8, 4) is 0 Å². The summed E-state index contributed by atoms with van der Waals surface area (Å²) in [6, 6.07) is 13.4. The van der Waals surface area contributed by atoms with Crippen LogP contribution in [0.3, 0.4) is 0 Å². The van der Waals surface area contributed by atoms with E-state index >= 15 is 0 Å². The number of ether oxygens (including phenoxy) is 1. The molecule has 140 valence electrons. The molecule has 0 aromatic heterocycles. The van der Waals surface area contributed by atoms with Gasteiger partial charge in [-0.15, -0.1) is 0 Å². The Hall–Kier alpha value is -2.42. The van der Waals surface area contributed by atoms with E-state index in [0.29, 0.717) is 5.69 Å². The van der Waals surface area contributed by atoms with Crippen LogP contribution >= 0.6 is 0 Å². The van der Waals surface area contributed by atoms with Gasteiger partial charge in [-0.1, -0.05) is 30.3 Å². The molecule has 7 nitrogen and oxygen atoms in total. The van der Waals surface area contributed by atoms with E-state index < -0.39 is 16.0 Å². The average Bonchev–Trinajstić information content (AvgIpc) is 2.62. The molecule has 8 heteroatoms. The molecule has 0 radical (unpaired) electrons. The fourth-order valence-corrected chi connectivity index (χ4v) is 3.62. The molecule has 0 amide bonds. The minimum atomic E-state index is -3.90. The van der Waals surface area contributed by atoms with Crippen molar-refractivity contribution in [1.82, 2.24) is 4.72 Å². The van der Waals surface area contributed by atoms with E-state index in [2.05, 4.69) is 10.0 Å². The van der Waals surface area contributed by atoms with E-state index in [1.165, 1.54) is 19.2 Å². The number of carboxylic acid groups (broad SMARTS) is 1. The maximum atomic E-state index is 12.6. The zero-order valence-corrected chi connectivity index (χ0v) is 15.4. The highest BCUT2D eigenvalue weighted by molar-refractivity contribution is 7.89. The van der Waals surface area contributed by atoms with Crippen molar-refractivity contribution in [2.75, 3.05) is 25.6 Å². The second-order valence-corrected chi connectivity index (χ2v) is 7.42. The van der Waals surface area contributed by atoms with Crippen LogP contribution in [-0.4, -0.2) is 39.8 Å². The molecule has 0 fully saturated rings. The fraction of sp³-hybridized carbons (Fsp3) is 0.278. The lowest BCUT2D eigenvalue weighted by molar-refractivity contribution is 0.0696. The first-order valence-electron chi connectivity index (χ1n) is 8.02. The Morgan fingerprint density at radius 1 is 1.19 bits per heavy atom. The number of carboxylic acids is 1. The SMILES string of the molecule is COCCNS(=O)(=O)c1cc(C(=O)O)ccc1NC(C)c1ccccc1. The molecular weight excluding hydrogens is 356 g/mol. The van der Waals surface area contributed by atoms with Crippen molar-refractivity contribution in [3.05, 3.63) is 59.7 Å². The fourth-order valence-electron chi connectivity index (χ4n) is 2.41. The maximum Gasteiger partial charge on any atom is 0.335 e. The van der Waals surface area contributed by atoms with Crippen LogP contribution in [-0.2, 0) is 14.8 Å². The minimum Gasteiger partial charge on any atom is -0.478 e. The monoisotopic (exact) mass is 378 g/mol. The quantitative estimate of drug-likeness (QED) is 0.579. The molecule has 0 bridgehead atoms. The van der Waals surface area contributed by atoms with Gasteiger partial charge in [0, 0.05) is 19.7 Å². The highest BCUT2D eigenvalue weighted by atomic mass is 32.2. The summed E-state index contributed by atoms with van der Waals surface area (Å²) in [7, 11) is -2.44. The Bertz CT molecular complexity index is 853. The second-order valence-electron chi connectivity index (χ2n) is 5.68. The van der Waals surface area contributed by atoms with Gasteiger partial charge in [-0.25, -0.2) is 17.9 Å². The van der Waals surface area contributed by atoms with Crippen LogP contribution < -0.4 is 10.0 Å². The molecule has 2 aromatic rings. The first-order valence-corrected chi connectivity index (χ1v) is 9.51. The number of hydrogen-bond donors (Lipinski definition) is 3. The Kier molecular flexibility index (Phi) is 6.73. The zero-order chi connectivity index (χ0) is 19.2. The molecule has 1 unspecified atom stereocenters. The van der Waals surface area contributed by atoms with E-state index in [1.807, 2.05) is 37.3 Å². The van der Waals surface area contributed by atoms with Crippen LogP contribution in [0.15, 0.2) is 53.4 Å². The summed E-state index contributed by atoms with van der Waals surface area (Å²) in [5.41, 5.74) is 1.21. The zero-order valence-electron chi connectivity index (χ0n) is 14.6. The van der Waals surface area contributed by atoms with Crippen LogP contribution in [0.1, 0.15) is 28.9 Å². The van der Waals surface area contributed by atoms with Gasteiger partial charge in [0.15, 0.2) is 0 Å². The highest BCUT2D eigenvalue weighted by Crippen LogP contribution is 2.27. The Labute approximate surface area is 153 Å². The van der Waals surface area contributed by atoms with Gasteiger partial charge >= 0.3 is 5.97 Å². The molecule has 1 atom stereocenters. The summed E-state index contributed by atoms with van der Waals surface area (Å²) in [6.07, 6.45) is 0. The van der Waals surface area contributed by atoms with Crippen LogP contribution in [0, 0.1) is 0 Å².